The highest BCUT2D eigenvalue weighted by atomic mass is 16.7. The van der Waals surface area contributed by atoms with Crippen LogP contribution in [0.1, 0.15) is 41.4 Å². The van der Waals surface area contributed by atoms with Gasteiger partial charge in [0.15, 0.2) is 5.79 Å². The van der Waals surface area contributed by atoms with Crippen LogP contribution in [0.2, 0.25) is 0 Å². The molecule has 1 spiro atoms. The molecule has 0 radical (unpaired) electrons. The van der Waals surface area contributed by atoms with Gasteiger partial charge < -0.3 is 23.7 Å². The van der Waals surface area contributed by atoms with E-state index in [-0.39, 0.29) is 5.91 Å². The molecule has 6 nitrogen and oxygen atoms in total. The van der Waals surface area contributed by atoms with E-state index in [0.717, 1.165) is 16.7 Å². The van der Waals surface area contributed by atoms with Crippen molar-refractivity contribution < 1.29 is 19.0 Å². The molecule has 3 aromatic rings. The number of aromatic nitrogens is 1. The smallest absolute Gasteiger partial charge is 0.270 e. The summed E-state index contributed by atoms with van der Waals surface area (Å²) in [4.78, 5) is 15.7. The Morgan fingerprint density at radius 1 is 1.06 bits per heavy atom. The van der Waals surface area contributed by atoms with Crippen LogP contribution in [0.25, 0.3) is 10.9 Å². The first-order chi connectivity index (χ1) is 15.6. The van der Waals surface area contributed by atoms with Crippen LogP contribution < -0.4 is 4.74 Å². The largest absolute Gasteiger partial charge is 0.493 e. The van der Waals surface area contributed by atoms with Gasteiger partial charge in [0.25, 0.3) is 5.91 Å². The van der Waals surface area contributed by atoms with Crippen LogP contribution in [0.4, 0.5) is 0 Å². The minimum absolute atomic E-state index is 0.0464. The molecule has 168 valence electrons. The predicted octanol–water partition coefficient (Wildman–Crippen LogP) is 4.38. The summed E-state index contributed by atoms with van der Waals surface area (Å²) in [5.41, 5.74) is 4.12. The van der Waals surface area contributed by atoms with Gasteiger partial charge in [0, 0.05) is 37.9 Å². The fourth-order valence-corrected chi connectivity index (χ4v) is 4.84. The normalized spacial score (nSPS) is 17.9. The maximum atomic E-state index is 13.7. The van der Waals surface area contributed by atoms with Crippen molar-refractivity contribution in [1.82, 2.24) is 9.47 Å². The van der Waals surface area contributed by atoms with Crippen molar-refractivity contribution in [2.24, 2.45) is 0 Å². The van der Waals surface area contributed by atoms with Crippen LogP contribution in [-0.2, 0) is 16.0 Å². The number of piperidine rings is 1. The molecular weight excluding hydrogens is 404 g/mol. The van der Waals surface area contributed by atoms with Gasteiger partial charge in [-0.1, -0.05) is 30.3 Å². The van der Waals surface area contributed by atoms with Crippen molar-refractivity contribution in [2.75, 3.05) is 32.9 Å². The summed E-state index contributed by atoms with van der Waals surface area (Å²) in [7, 11) is 0. The SMILES string of the molecule is CCOc1cccc2c1cc(C(=O)N1CCC3(CC1)OCCO3)n2Cc1ccccc1C. The summed E-state index contributed by atoms with van der Waals surface area (Å²) in [6.45, 7) is 7.84. The van der Waals surface area contributed by atoms with E-state index in [9.17, 15) is 4.79 Å². The van der Waals surface area contributed by atoms with Crippen molar-refractivity contribution in [3.8, 4) is 5.75 Å². The Hall–Kier alpha value is -2.83. The third-order valence-corrected chi connectivity index (χ3v) is 6.64. The standard InChI is InChI=1S/C26H30N2O4/c1-3-30-24-10-6-9-22-21(24)17-23(28(22)18-20-8-5-4-7-19(20)2)25(29)27-13-11-26(12-14-27)31-15-16-32-26/h4-10,17H,3,11-16,18H2,1-2H3. The monoisotopic (exact) mass is 434 g/mol. The van der Waals surface area contributed by atoms with Gasteiger partial charge >= 0.3 is 0 Å². The van der Waals surface area contributed by atoms with E-state index in [0.29, 0.717) is 58.0 Å². The molecular formula is C26H30N2O4. The molecule has 6 heteroatoms. The van der Waals surface area contributed by atoms with E-state index in [4.69, 9.17) is 14.2 Å². The maximum absolute atomic E-state index is 13.7. The minimum Gasteiger partial charge on any atom is -0.493 e. The molecule has 0 atom stereocenters. The first-order valence-electron chi connectivity index (χ1n) is 11.5. The van der Waals surface area contributed by atoms with Crippen LogP contribution in [0, 0.1) is 6.92 Å². The van der Waals surface area contributed by atoms with Crippen LogP contribution in [0.5, 0.6) is 5.75 Å². The van der Waals surface area contributed by atoms with Gasteiger partial charge in [-0.25, -0.2) is 0 Å². The van der Waals surface area contributed by atoms with Crippen molar-refractivity contribution in [3.05, 3.63) is 65.4 Å². The zero-order chi connectivity index (χ0) is 22.1. The third-order valence-electron chi connectivity index (χ3n) is 6.64. The number of benzene rings is 2. The number of ether oxygens (including phenoxy) is 3. The van der Waals surface area contributed by atoms with Crippen LogP contribution in [0.15, 0.2) is 48.5 Å². The summed E-state index contributed by atoms with van der Waals surface area (Å²) >= 11 is 0. The Morgan fingerprint density at radius 3 is 2.53 bits per heavy atom. The van der Waals surface area contributed by atoms with E-state index < -0.39 is 5.79 Å². The second-order valence-corrected chi connectivity index (χ2v) is 8.56. The summed E-state index contributed by atoms with van der Waals surface area (Å²) in [6.07, 6.45) is 1.42. The predicted molar refractivity (Wildman–Crippen MR) is 123 cm³/mol. The molecule has 0 N–H and O–H groups in total. The van der Waals surface area contributed by atoms with Crippen molar-refractivity contribution in [2.45, 2.75) is 39.0 Å². The molecule has 3 heterocycles. The molecule has 0 unspecified atom stereocenters. The summed E-state index contributed by atoms with van der Waals surface area (Å²) < 4.78 is 19.7. The second kappa shape index (κ2) is 8.60. The molecule has 2 fully saturated rings. The van der Waals surface area contributed by atoms with Gasteiger partial charge in [0.05, 0.1) is 25.3 Å². The Balaban J connectivity index is 1.51. The maximum Gasteiger partial charge on any atom is 0.270 e. The topological polar surface area (TPSA) is 52.9 Å². The lowest BCUT2D eigenvalue weighted by Crippen LogP contribution is -2.47. The minimum atomic E-state index is -0.493. The molecule has 0 bridgehead atoms. The van der Waals surface area contributed by atoms with Crippen LogP contribution in [-0.4, -0.2) is 54.1 Å². The van der Waals surface area contributed by atoms with E-state index in [1.807, 2.05) is 42.2 Å². The number of aryl methyl sites for hydroxylation is 1. The number of amides is 1. The number of fused-ring (bicyclic) bond motifs is 1. The molecule has 1 amide bonds. The van der Waals surface area contributed by atoms with Crippen LogP contribution >= 0.6 is 0 Å². The van der Waals surface area contributed by atoms with E-state index >= 15 is 0 Å². The average Bonchev–Trinajstić information content (AvgIpc) is 3.41. The van der Waals surface area contributed by atoms with Gasteiger partial charge in [0.1, 0.15) is 11.4 Å². The van der Waals surface area contributed by atoms with E-state index in [2.05, 4.69) is 29.7 Å². The van der Waals surface area contributed by atoms with Gasteiger partial charge in [-0.2, -0.15) is 0 Å². The Kier molecular flexibility index (Phi) is 5.66. The summed E-state index contributed by atoms with van der Waals surface area (Å²) in [5.74, 6) is 0.366. The highest BCUT2D eigenvalue weighted by Crippen LogP contribution is 2.34. The Labute approximate surface area is 188 Å². The number of hydrogen-bond donors (Lipinski definition) is 0. The Bertz CT molecular complexity index is 1120. The fraction of sp³-hybridized carbons (Fsp3) is 0.423. The number of carbonyl (C=O) groups is 1. The van der Waals surface area contributed by atoms with Gasteiger partial charge in [-0.15, -0.1) is 0 Å². The third kappa shape index (κ3) is 3.78. The first kappa shape index (κ1) is 21.0. The van der Waals surface area contributed by atoms with Crippen molar-refractivity contribution in [3.63, 3.8) is 0 Å². The lowest BCUT2D eigenvalue weighted by molar-refractivity contribution is -0.181. The van der Waals surface area contributed by atoms with Crippen molar-refractivity contribution >= 4 is 16.8 Å². The Morgan fingerprint density at radius 2 is 1.81 bits per heavy atom. The quantitative estimate of drug-likeness (QED) is 0.598. The van der Waals surface area contributed by atoms with Gasteiger partial charge in [0.2, 0.25) is 0 Å². The summed E-state index contributed by atoms with van der Waals surface area (Å²) in [6, 6.07) is 16.4. The highest BCUT2D eigenvalue weighted by molar-refractivity contribution is 6.00. The van der Waals surface area contributed by atoms with E-state index in [1.54, 1.807) is 0 Å². The van der Waals surface area contributed by atoms with Crippen molar-refractivity contribution in [1.29, 1.82) is 0 Å². The summed E-state index contributed by atoms with van der Waals surface area (Å²) in [5, 5.41) is 0.974. The first-order valence-corrected chi connectivity index (χ1v) is 11.5. The number of likely N-dealkylation sites (tertiary alicyclic amines) is 1. The molecule has 2 aliphatic heterocycles. The molecule has 2 saturated heterocycles. The molecule has 2 aromatic carbocycles. The number of carbonyl (C=O) groups excluding carboxylic acids is 1. The van der Waals surface area contributed by atoms with Gasteiger partial charge in [-0.3, -0.25) is 4.79 Å². The molecule has 0 aliphatic carbocycles. The molecule has 5 rings (SSSR count). The highest BCUT2D eigenvalue weighted by Gasteiger charge is 2.41. The lowest BCUT2D eigenvalue weighted by atomic mass is 10.0. The lowest BCUT2D eigenvalue weighted by Gasteiger charge is -2.37. The number of nitrogens with zero attached hydrogens (tertiary/aromatic N) is 2. The van der Waals surface area contributed by atoms with Crippen LogP contribution in [0.3, 0.4) is 0 Å². The average molecular weight is 435 g/mol. The molecule has 0 saturated carbocycles. The molecule has 2 aliphatic rings. The molecule has 1 aromatic heterocycles. The zero-order valence-corrected chi connectivity index (χ0v) is 18.8. The number of hydrogen-bond acceptors (Lipinski definition) is 4. The fourth-order valence-electron chi connectivity index (χ4n) is 4.84. The van der Waals surface area contributed by atoms with E-state index in [1.165, 1.54) is 11.1 Å². The number of rotatable bonds is 5. The van der Waals surface area contributed by atoms with Gasteiger partial charge in [-0.05, 0) is 43.2 Å². The second-order valence-electron chi connectivity index (χ2n) is 8.56. The molecule has 32 heavy (non-hydrogen) atoms. The zero-order valence-electron chi connectivity index (χ0n) is 18.8.